The molecule has 0 atom stereocenters. The quantitative estimate of drug-likeness (QED) is 0.808. The van der Waals surface area contributed by atoms with Crippen LogP contribution < -0.4 is 10.6 Å². The Hall–Kier alpha value is -2.74. The minimum absolute atomic E-state index is 0.0302. The van der Waals surface area contributed by atoms with Gasteiger partial charge < -0.3 is 20.1 Å². The van der Waals surface area contributed by atoms with Crippen molar-refractivity contribution in [2.45, 2.75) is 45.7 Å². The molecule has 0 radical (unpaired) electrons. The van der Waals surface area contributed by atoms with Crippen molar-refractivity contribution < 1.29 is 9.59 Å². The molecule has 8 heteroatoms. The first-order valence-corrected chi connectivity index (χ1v) is 10.3. The van der Waals surface area contributed by atoms with Crippen molar-refractivity contribution in [1.82, 2.24) is 30.3 Å². The molecule has 1 aromatic heterocycles. The average molecular weight is 396 g/mol. The summed E-state index contributed by atoms with van der Waals surface area (Å²) < 4.78 is 2.22. The zero-order valence-electron chi connectivity index (χ0n) is 17.1. The lowest BCUT2D eigenvalue weighted by Gasteiger charge is -2.32. The van der Waals surface area contributed by atoms with Crippen molar-refractivity contribution in [3.8, 4) is 0 Å². The maximum Gasteiger partial charge on any atom is 0.251 e. The smallest absolute Gasteiger partial charge is 0.251 e. The maximum atomic E-state index is 12.6. The van der Waals surface area contributed by atoms with E-state index in [1.54, 1.807) is 6.07 Å². The molecule has 2 aromatic rings. The number of aryl methyl sites for hydroxylation is 2. The lowest BCUT2D eigenvalue weighted by Crippen LogP contribution is -2.44. The molecule has 1 fully saturated rings. The second-order valence-electron chi connectivity index (χ2n) is 7.94. The van der Waals surface area contributed by atoms with Gasteiger partial charge in [-0.15, -0.1) is 10.2 Å². The number of likely N-dealkylation sites (tertiary alicyclic amines) is 1. The predicted molar refractivity (Wildman–Crippen MR) is 109 cm³/mol. The molecule has 2 aliphatic heterocycles. The third kappa shape index (κ3) is 4.17. The maximum absolute atomic E-state index is 12.6. The van der Waals surface area contributed by atoms with Crippen molar-refractivity contribution in [3.05, 3.63) is 46.5 Å². The van der Waals surface area contributed by atoms with Gasteiger partial charge in [-0.3, -0.25) is 9.59 Å². The summed E-state index contributed by atoms with van der Waals surface area (Å²) in [6, 6.07) is 5.58. The van der Waals surface area contributed by atoms with E-state index in [1.807, 2.05) is 30.9 Å². The number of carbonyl (C=O) groups excluding carboxylic acids is 2. The number of benzene rings is 1. The van der Waals surface area contributed by atoms with Crippen LogP contribution in [0.15, 0.2) is 18.2 Å². The number of nitrogens with one attached hydrogen (secondary N) is 2. The van der Waals surface area contributed by atoms with Crippen LogP contribution in [0.3, 0.4) is 0 Å². The molecule has 0 saturated carbocycles. The highest BCUT2D eigenvalue weighted by atomic mass is 16.2. The fourth-order valence-electron chi connectivity index (χ4n) is 4.06. The molecule has 0 aliphatic carbocycles. The Morgan fingerprint density at radius 2 is 1.93 bits per heavy atom. The minimum atomic E-state index is -0.208. The lowest BCUT2D eigenvalue weighted by atomic mass is 9.95. The van der Waals surface area contributed by atoms with Gasteiger partial charge in [0, 0.05) is 37.7 Å². The van der Waals surface area contributed by atoms with Crippen LogP contribution in [0.2, 0.25) is 0 Å². The fraction of sp³-hybridized carbons (Fsp3) is 0.524. The first-order valence-electron chi connectivity index (χ1n) is 10.3. The number of aromatic nitrogens is 3. The Balaban J connectivity index is 1.28. The SMILES string of the molecule is Cc1ccc(C(=O)NCC(=O)N2CCC(c3nnc4n3CCNC4)CC2)cc1C. The molecule has 2 N–H and O–H groups in total. The average Bonchev–Trinajstić information content (AvgIpc) is 3.18. The molecular formula is C21H28N6O2. The summed E-state index contributed by atoms with van der Waals surface area (Å²) in [5.41, 5.74) is 2.80. The number of amides is 2. The topological polar surface area (TPSA) is 92.2 Å². The molecule has 2 amide bonds. The van der Waals surface area contributed by atoms with Crippen LogP contribution in [0.25, 0.3) is 0 Å². The third-order valence-corrected chi connectivity index (χ3v) is 6.03. The van der Waals surface area contributed by atoms with E-state index in [-0.39, 0.29) is 18.4 Å². The Morgan fingerprint density at radius 1 is 1.14 bits per heavy atom. The van der Waals surface area contributed by atoms with Crippen molar-refractivity contribution in [2.75, 3.05) is 26.2 Å². The molecule has 1 saturated heterocycles. The second-order valence-corrected chi connectivity index (χ2v) is 7.94. The molecule has 0 bridgehead atoms. The zero-order valence-corrected chi connectivity index (χ0v) is 17.1. The number of carbonyl (C=O) groups is 2. The summed E-state index contributed by atoms with van der Waals surface area (Å²) >= 11 is 0. The van der Waals surface area contributed by atoms with Gasteiger partial charge in [0.2, 0.25) is 5.91 Å². The minimum Gasteiger partial charge on any atom is -0.343 e. The molecule has 2 aliphatic rings. The van der Waals surface area contributed by atoms with Gasteiger partial charge in [-0.1, -0.05) is 6.07 Å². The number of hydrogen-bond donors (Lipinski definition) is 2. The first-order chi connectivity index (χ1) is 14.0. The fourth-order valence-corrected chi connectivity index (χ4v) is 4.06. The summed E-state index contributed by atoms with van der Waals surface area (Å²) in [5, 5.41) is 14.8. The summed E-state index contributed by atoms with van der Waals surface area (Å²) in [5.74, 6) is 2.15. The first kappa shape index (κ1) is 19.6. The van der Waals surface area contributed by atoms with Gasteiger partial charge in [-0.05, 0) is 49.9 Å². The Labute approximate surface area is 170 Å². The molecule has 3 heterocycles. The van der Waals surface area contributed by atoms with E-state index in [4.69, 9.17) is 0 Å². The van der Waals surface area contributed by atoms with Gasteiger partial charge in [-0.2, -0.15) is 0 Å². The molecular weight excluding hydrogens is 368 g/mol. The number of rotatable bonds is 4. The Kier molecular flexibility index (Phi) is 5.62. The second kappa shape index (κ2) is 8.32. The van der Waals surface area contributed by atoms with Gasteiger partial charge in [0.15, 0.2) is 0 Å². The zero-order chi connectivity index (χ0) is 20.4. The van der Waals surface area contributed by atoms with Gasteiger partial charge in [0.25, 0.3) is 5.91 Å². The van der Waals surface area contributed by atoms with Crippen LogP contribution in [0, 0.1) is 13.8 Å². The van der Waals surface area contributed by atoms with E-state index in [9.17, 15) is 9.59 Å². The van der Waals surface area contributed by atoms with E-state index in [2.05, 4.69) is 25.4 Å². The predicted octanol–water partition coefficient (Wildman–Crippen LogP) is 1.13. The molecule has 0 spiro atoms. The Bertz CT molecular complexity index is 914. The van der Waals surface area contributed by atoms with Crippen LogP contribution in [-0.2, 0) is 17.9 Å². The highest BCUT2D eigenvalue weighted by Gasteiger charge is 2.28. The summed E-state index contributed by atoms with van der Waals surface area (Å²) in [7, 11) is 0. The van der Waals surface area contributed by atoms with E-state index in [0.717, 1.165) is 55.3 Å². The summed E-state index contributed by atoms with van der Waals surface area (Å²) in [6.45, 7) is 8.00. The molecule has 29 heavy (non-hydrogen) atoms. The summed E-state index contributed by atoms with van der Waals surface area (Å²) in [6.07, 6.45) is 1.75. The van der Waals surface area contributed by atoms with E-state index < -0.39 is 0 Å². The molecule has 0 unspecified atom stereocenters. The molecule has 154 valence electrons. The highest BCUT2D eigenvalue weighted by molar-refractivity contribution is 5.96. The van der Waals surface area contributed by atoms with Crippen molar-refractivity contribution in [2.24, 2.45) is 0 Å². The third-order valence-electron chi connectivity index (χ3n) is 6.03. The Morgan fingerprint density at radius 3 is 2.69 bits per heavy atom. The van der Waals surface area contributed by atoms with Crippen molar-refractivity contribution in [1.29, 1.82) is 0 Å². The lowest BCUT2D eigenvalue weighted by molar-refractivity contribution is -0.131. The van der Waals surface area contributed by atoms with Crippen LogP contribution in [0.4, 0.5) is 0 Å². The van der Waals surface area contributed by atoms with Crippen LogP contribution in [0.5, 0.6) is 0 Å². The molecule has 1 aromatic carbocycles. The number of fused-ring (bicyclic) bond motifs is 1. The van der Waals surface area contributed by atoms with Gasteiger partial charge >= 0.3 is 0 Å². The van der Waals surface area contributed by atoms with Crippen molar-refractivity contribution in [3.63, 3.8) is 0 Å². The highest BCUT2D eigenvalue weighted by Crippen LogP contribution is 2.27. The number of piperidine rings is 1. The van der Waals surface area contributed by atoms with Gasteiger partial charge in [-0.25, -0.2) is 0 Å². The van der Waals surface area contributed by atoms with Crippen LogP contribution in [-0.4, -0.2) is 57.7 Å². The largest absolute Gasteiger partial charge is 0.343 e. The van der Waals surface area contributed by atoms with E-state index in [1.165, 1.54) is 0 Å². The standard InChI is InChI=1S/C21H28N6O2/c1-14-3-4-17(11-15(14)2)21(29)23-13-19(28)26-8-5-16(6-9-26)20-25-24-18-12-22-7-10-27(18)20/h3-4,11,16,22H,5-10,12-13H2,1-2H3,(H,23,29). The number of nitrogens with zero attached hydrogens (tertiary/aromatic N) is 4. The molecule has 4 rings (SSSR count). The molecule has 8 nitrogen and oxygen atoms in total. The van der Waals surface area contributed by atoms with Crippen LogP contribution in [0.1, 0.15) is 51.9 Å². The monoisotopic (exact) mass is 396 g/mol. The van der Waals surface area contributed by atoms with Gasteiger partial charge in [0.1, 0.15) is 11.6 Å². The summed E-state index contributed by atoms with van der Waals surface area (Å²) in [4.78, 5) is 26.7. The number of hydrogen-bond acceptors (Lipinski definition) is 5. The van der Waals surface area contributed by atoms with Crippen LogP contribution >= 0.6 is 0 Å². The van der Waals surface area contributed by atoms with Gasteiger partial charge in [0.05, 0.1) is 13.1 Å². The van der Waals surface area contributed by atoms with Crippen molar-refractivity contribution >= 4 is 11.8 Å². The van der Waals surface area contributed by atoms with E-state index in [0.29, 0.717) is 24.6 Å². The normalized spacial score (nSPS) is 17.1. The van der Waals surface area contributed by atoms with E-state index >= 15 is 0 Å².